The highest BCUT2D eigenvalue weighted by molar-refractivity contribution is 7.12. The second-order valence-corrected chi connectivity index (χ2v) is 8.06. The molecule has 2 aliphatic rings. The van der Waals surface area contributed by atoms with Crippen molar-refractivity contribution in [3.8, 4) is 0 Å². The monoisotopic (exact) mass is 300 g/mol. The number of fused-ring (bicyclic) bond motifs is 1. The number of hydrogen-bond acceptors (Lipinski definition) is 3. The minimum atomic E-state index is 0. The highest BCUT2D eigenvalue weighted by Crippen LogP contribution is 2.32. The maximum Gasteiger partial charge on any atom is 0.0328 e. The van der Waals surface area contributed by atoms with E-state index in [1.807, 2.05) is 11.3 Å². The Labute approximate surface area is 127 Å². The lowest BCUT2D eigenvalue weighted by molar-refractivity contribution is 0.308. The van der Waals surface area contributed by atoms with Crippen LogP contribution in [0.3, 0.4) is 0 Å². The zero-order valence-electron chi connectivity index (χ0n) is 12.1. The smallest absolute Gasteiger partial charge is 0.0328 e. The van der Waals surface area contributed by atoms with E-state index in [0.717, 1.165) is 18.4 Å². The lowest BCUT2D eigenvalue weighted by Crippen LogP contribution is -2.25. The Balaban J connectivity index is 0.00000133. The third-order valence-corrected chi connectivity index (χ3v) is 5.74. The number of likely N-dealkylation sites (tertiary alicyclic amines) is 1. The summed E-state index contributed by atoms with van der Waals surface area (Å²) < 4.78 is 0. The standard InChI is InChI=1S/C15H24N2S.ClH/c1-15(2,3)14-5-4-13(18-14)10-17-8-11-6-16-7-12(11)9-17;/h4-5,11-12,16H,6-10H2,1-3H3;1H/t11-,12+;. The van der Waals surface area contributed by atoms with Crippen LogP contribution in [0.5, 0.6) is 0 Å². The van der Waals surface area contributed by atoms with Gasteiger partial charge in [-0.2, -0.15) is 0 Å². The lowest BCUT2D eigenvalue weighted by atomic mass is 9.95. The molecule has 19 heavy (non-hydrogen) atoms. The van der Waals surface area contributed by atoms with E-state index < -0.39 is 0 Å². The summed E-state index contributed by atoms with van der Waals surface area (Å²) in [7, 11) is 0. The molecule has 3 rings (SSSR count). The summed E-state index contributed by atoms with van der Waals surface area (Å²) >= 11 is 2.00. The van der Waals surface area contributed by atoms with Crippen LogP contribution in [0.25, 0.3) is 0 Å². The summed E-state index contributed by atoms with van der Waals surface area (Å²) in [6.07, 6.45) is 0. The molecule has 2 aliphatic heterocycles. The van der Waals surface area contributed by atoms with E-state index in [0.29, 0.717) is 5.41 Å². The SMILES string of the molecule is CC(C)(C)c1ccc(CN2C[C@H]3CNC[C@H]3C2)s1.Cl. The third-order valence-electron chi connectivity index (χ3n) is 4.25. The van der Waals surface area contributed by atoms with Crippen LogP contribution in [0.15, 0.2) is 12.1 Å². The fourth-order valence-corrected chi connectivity index (χ4v) is 4.28. The molecule has 2 nitrogen and oxygen atoms in total. The minimum absolute atomic E-state index is 0. The van der Waals surface area contributed by atoms with Gasteiger partial charge in [-0.05, 0) is 42.5 Å². The van der Waals surface area contributed by atoms with Crippen molar-refractivity contribution in [2.75, 3.05) is 26.2 Å². The highest BCUT2D eigenvalue weighted by Gasteiger charge is 2.35. The second kappa shape index (κ2) is 5.72. The molecule has 1 aromatic rings. The van der Waals surface area contributed by atoms with E-state index in [1.165, 1.54) is 35.9 Å². The topological polar surface area (TPSA) is 15.3 Å². The van der Waals surface area contributed by atoms with Gasteiger partial charge < -0.3 is 5.32 Å². The van der Waals surface area contributed by atoms with Gasteiger partial charge in [0.25, 0.3) is 0 Å². The normalized spacial score (nSPS) is 27.3. The van der Waals surface area contributed by atoms with Gasteiger partial charge in [0.2, 0.25) is 0 Å². The summed E-state index contributed by atoms with van der Waals surface area (Å²) in [5.74, 6) is 1.82. The molecular formula is C15H25ClN2S. The van der Waals surface area contributed by atoms with Crippen molar-refractivity contribution in [1.82, 2.24) is 10.2 Å². The molecule has 0 saturated carbocycles. The first-order chi connectivity index (χ1) is 8.52. The maximum atomic E-state index is 3.51. The molecule has 0 aliphatic carbocycles. The molecule has 0 amide bonds. The molecule has 0 bridgehead atoms. The molecule has 108 valence electrons. The first-order valence-corrected chi connectivity index (χ1v) is 7.86. The zero-order valence-corrected chi connectivity index (χ0v) is 13.7. The molecule has 1 N–H and O–H groups in total. The fraction of sp³-hybridized carbons (Fsp3) is 0.733. The van der Waals surface area contributed by atoms with Gasteiger partial charge in [0.15, 0.2) is 0 Å². The number of rotatable bonds is 2. The molecule has 3 heterocycles. The first-order valence-electron chi connectivity index (χ1n) is 7.04. The number of nitrogens with one attached hydrogen (secondary N) is 1. The molecule has 0 aromatic carbocycles. The Morgan fingerprint density at radius 1 is 1.21 bits per heavy atom. The van der Waals surface area contributed by atoms with Crippen LogP contribution in [0.4, 0.5) is 0 Å². The lowest BCUT2D eigenvalue weighted by Gasteiger charge is -2.17. The molecule has 1 aromatic heterocycles. The van der Waals surface area contributed by atoms with E-state index in [9.17, 15) is 0 Å². The van der Waals surface area contributed by atoms with E-state index in [4.69, 9.17) is 0 Å². The molecule has 2 fully saturated rings. The van der Waals surface area contributed by atoms with E-state index in [1.54, 1.807) is 0 Å². The van der Waals surface area contributed by atoms with Crippen molar-refractivity contribution >= 4 is 23.7 Å². The Bertz CT molecular complexity index is 412. The van der Waals surface area contributed by atoms with E-state index >= 15 is 0 Å². The number of halogens is 1. The highest BCUT2D eigenvalue weighted by atomic mass is 35.5. The predicted molar refractivity (Wildman–Crippen MR) is 85.4 cm³/mol. The van der Waals surface area contributed by atoms with Crippen molar-refractivity contribution in [2.45, 2.75) is 32.7 Å². The quantitative estimate of drug-likeness (QED) is 0.903. The molecule has 0 unspecified atom stereocenters. The Morgan fingerprint density at radius 3 is 2.37 bits per heavy atom. The van der Waals surface area contributed by atoms with Gasteiger partial charge in [-0.1, -0.05) is 20.8 Å². The first kappa shape index (κ1) is 15.3. The summed E-state index contributed by atoms with van der Waals surface area (Å²) in [5.41, 5.74) is 0.300. The van der Waals surface area contributed by atoms with Crippen LogP contribution >= 0.6 is 23.7 Å². The molecule has 4 heteroatoms. The average molecular weight is 301 g/mol. The van der Waals surface area contributed by atoms with Crippen molar-refractivity contribution in [2.24, 2.45) is 11.8 Å². The van der Waals surface area contributed by atoms with Crippen molar-refractivity contribution < 1.29 is 0 Å². The minimum Gasteiger partial charge on any atom is -0.316 e. The molecule has 2 atom stereocenters. The largest absolute Gasteiger partial charge is 0.316 e. The van der Waals surface area contributed by atoms with E-state index in [2.05, 4.69) is 43.1 Å². The van der Waals surface area contributed by atoms with Crippen molar-refractivity contribution in [1.29, 1.82) is 0 Å². The number of hydrogen-bond donors (Lipinski definition) is 1. The molecule has 0 spiro atoms. The van der Waals surface area contributed by atoms with Gasteiger partial charge in [0, 0.05) is 29.4 Å². The van der Waals surface area contributed by atoms with Gasteiger partial charge in [-0.15, -0.1) is 23.7 Å². The Morgan fingerprint density at radius 2 is 1.84 bits per heavy atom. The maximum absolute atomic E-state index is 3.51. The van der Waals surface area contributed by atoms with Crippen molar-refractivity contribution in [3.05, 3.63) is 21.9 Å². The summed E-state index contributed by atoms with van der Waals surface area (Å²) in [6.45, 7) is 13.1. The van der Waals surface area contributed by atoms with Gasteiger partial charge >= 0.3 is 0 Å². The third kappa shape index (κ3) is 3.33. The fourth-order valence-electron chi connectivity index (χ4n) is 3.17. The number of thiophene rings is 1. The van der Waals surface area contributed by atoms with Crippen LogP contribution in [0, 0.1) is 11.8 Å². The summed E-state index contributed by atoms with van der Waals surface area (Å²) in [6, 6.07) is 4.65. The van der Waals surface area contributed by atoms with Gasteiger partial charge in [-0.25, -0.2) is 0 Å². The van der Waals surface area contributed by atoms with Crippen LogP contribution < -0.4 is 5.32 Å². The Kier molecular flexibility index (Phi) is 4.61. The average Bonchev–Trinajstić information content (AvgIpc) is 2.90. The van der Waals surface area contributed by atoms with Crippen LogP contribution in [-0.4, -0.2) is 31.1 Å². The predicted octanol–water partition coefficient (Wildman–Crippen LogP) is 3.12. The molecule has 0 radical (unpaired) electrons. The summed E-state index contributed by atoms with van der Waals surface area (Å²) in [5, 5.41) is 3.51. The van der Waals surface area contributed by atoms with Crippen molar-refractivity contribution in [3.63, 3.8) is 0 Å². The van der Waals surface area contributed by atoms with Crippen LogP contribution in [-0.2, 0) is 12.0 Å². The Hall–Kier alpha value is -0.0900. The summed E-state index contributed by atoms with van der Waals surface area (Å²) in [4.78, 5) is 5.69. The van der Waals surface area contributed by atoms with Gasteiger partial charge in [0.1, 0.15) is 0 Å². The van der Waals surface area contributed by atoms with Crippen LogP contribution in [0.2, 0.25) is 0 Å². The van der Waals surface area contributed by atoms with Gasteiger partial charge in [0.05, 0.1) is 0 Å². The number of nitrogens with zero attached hydrogens (tertiary/aromatic N) is 1. The zero-order chi connectivity index (χ0) is 12.8. The molecular weight excluding hydrogens is 276 g/mol. The molecule has 2 saturated heterocycles. The second-order valence-electron chi connectivity index (χ2n) is 6.89. The van der Waals surface area contributed by atoms with E-state index in [-0.39, 0.29) is 12.4 Å². The van der Waals surface area contributed by atoms with Crippen LogP contribution in [0.1, 0.15) is 30.5 Å². The van der Waals surface area contributed by atoms with Gasteiger partial charge in [-0.3, -0.25) is 4.90 Å².